The number of methoxy groups -OCH3 is 1. The molecule has 2 atom stereocenters. The highest BCUT2D eigenvalue weighted by molar-refractivity contribution is 9.08. The van der Waals surface area contributed by atoms with Crippen molar-refractivity contribution in [2.75, 3.05) is 7.11 Å². The molecule has 1 aliphatic rings. The van der Waals surface area contributed by atoms with E-state index < -0.39 is 0 Å². The SMILES string of the molecule is COc1ccc(CBr)cc1OC1CCCC(C)C1. The molecule has 1 aromatic rings. The van der Waals surface area contributed by atoms with Gasteiger partial charge in [0.1, 0.15) is 0 Å². The van der Waals surface area contributed by atoms with Crippen LogP contribution in [0.25, 0.3) is 0 Å². The van der Waals surface area contributed by atoms with E-state index in [0.29, 0.717) is 6.10 Å². The van der Waals surface area contributed by atoms with Crippen LogP contribution in [0.3, 0.4) is 0 Å². The van der Waals surface area contributed by atoms with E-state index in [9.17, 15) is 0 Å². The predicted molar refractivity (Wildman–Crippen MR) is 77.7 cm³/mol. The largest absolute Gasteiger partial charge is 0.493 e. The van der Waals surface area contributed by atoms with Crippen LogP contribution >= 0.6 is 15.9 Å². The topological polar surface area (TPSA) is 18.5 Å². The van der Waals surface area contributed by atoms with Crippen LogP contribution in [0.15, 0.2) is 18.2 Å². The minimum absolute atomic E-state index is 0.341. The van der Waals surface area contributed by atoms with Crippen molar-refractivity contribution in [2.45, 2.75) is 44.0 Å². The van der Waals surface area contributed by atoms with Crippen LogP contribution in [0.2, 0.25) is 0 Å². The summed E-state index contributed by atoms with van der Waals surface area (Å²) in [6, 6.07) is 6.12. The Morgan fingerprint density at radius 3 is 2.78 bits per heavy atom. The average Bonchev–Trinajstić information content (AvgIpc) is 2.38. The summed E-state index contributed by atoms with van der Waals surface area (Å²) in [5.41, 5.74) is 1.22. The van der Waals surface area contributed by atoms with E-state index in [2.05, 4.69) is 35.0 Å². The summed E-state index contributed by atoms with van der Waals surface area (Å²) in [6.45, 7) is 2.31. The molecule has 0 heterocycles. The molecule has 0 radical (unpaired) electrons. The zero-order chi connectivity index (χ0) is 13.0. The van der Waals surface area contributed by atoms with E-state index >= 15 is 0 Å². The molecule has 2 rings (SSSR count). The molecule has 1 saturated carbocycles. The molecule has 100 valence electrons. The number of hydrogen-bond acceptors (Lipinski definition) is 2. The minimum Gasteiger partial charge on any atom is -0.493 e. The molecule has 0 N–H and O–H groups in total. The fraction of sp³-hybridized carbons (Fsp3) is 0.600. The Morgan fingerprint density at radius 1 is 1.28 bits per heavy atom. The molecule has 18 heavy (non-hydrogen) atoms. The zero-order valence-corrected chi connectivity index (χ0v) is 12.7. The molecule has 0 amide bonds. The van der Waals surface area contributed by atoms with E-state index in [1.807, 2.05) is 6.07 Å². The van der Waals surface area contributed by atoms with Gasteiger partial charge in [-0.05, 0) is 42.9 Å². The molecule has 0 saturated heterocycles. The van der Waals surface area contributed by atoms with Gasteiger partial charge in [-0.2, -0.15) is 0 Å². The molecule has 1 aromatic carbocycles. The number of alkyl halides is 1. The van der Waals surface area contributed by atoms with E-state index in [1.54, 1.807) is 7.11 Å². The summed E-state index contributed by atoms with van der Waals surface area (Å²) in [5.74, 6) is 2.49. The van der Waals surface area contributed by atoms with Crippen LogP contribution in [-0.2, 0) is 5.33 Å². The van der Waals surface area contributed by atoms with E-state index in [4.69, 9.17) is 9.47 Å². The molecular weight excluding hydrogens is 292 g/mol. The Bertz CT molecular complexity index is 392. The van der Waals surface area contributed by atoms with Gasteiger partial charge in [0.05, 0.1) is 13.2 Å². The first-order valence-electron chi connectivity index (χ1n) is 6.62. The van der Waals surface area contributed by atoms with E-state index in [0.717, 1.165) is 35.6 Å². The van der Waals surface area contributed by atoms with Crippen LogP contribution in [0.4, 0.5) is 0 Å². The number of ether oxygens (including phenoxy) is 2. The summed E-state index contributed by atoms with van der Waals surface area (Å²) < 4.78 is 11.5. The Balaban J connectivity index is 2.11. The van der Waals surface area contributed by atoms with E-state index in [-0.39, 0.29) is 0 Å². The van der Waals surface area contributed by atoms with Crippen molar-refractivity contribution in [3.63, 3.8) is 0 Å². The fourth-order valence-corrected chi connectivity index (χ4v) is 2.91. The lowest BCUT2D eigenvalue weighted by Gasteiger charge is -2.28. The minimum atomic E-state index is 0.341. The average molecular weight is 313 g/mol. The van der Waals surface area contributed by atoms with E-state index in [1.165, 1.54) is 18.4 Å². The highest BCUT2D eigenvalue weighted by Crippen LogP contribution is 2.33. The van der Waals surface area contributed by atoms with Gasteiger partial charge >= 0.3 is 0 Å². The molecule has 3 heteroatoms. The standard InChI is InChI=1S/C15H21BrO2/c1-11-4-3-5-13(8-11)18-15-9-12(10-16)6-7-14(15)17-2/h6-7,9,11,13H,3-5,8,10H2,1-2H3. The van der Waals surface area contributed by atoms with Crippen LogP contribution in [0.5, 0.6) is 11.5 Å². The van der Waals surface area contributed by atoms with Gasteiger partial charge in [0.25, 0.3) is 0 Å². The van der Waals surface area contributed by atoms with Gasteiger partial charge in [-0.25, -0.2) is 0 Å². The molecule has 0 spiro atoms. The normalized spacial score (nSPS) is 23.7. The van der Waals surface area contributed by atoms with Crippen molar-refractivity contribution >= 4 is 15.9 Å². The first-order valence-corrected chi connectivity index (χ1v) is 7.74. The molecule has 0 aliphatic heterocycles. The van der Waals surface area contributed by atoms with Gasteiger partial charge in [-0.3, -0.25) is 0 Å². The molecule has 2 unspecified atom stereocenters. The van der Waals surface area contributed by atoms with Gasteiger partial charge in [-0.1, -0.05) is 35.3 Å². The van der Waals surface area contributed by atoms with Gasteiger partial charge in [0.2, 0.25) is 0 Å². The number of benzene rings is 1. The maximum atomic E-state index is 6.14. The number of halogens is 1. The van der Waals surface area contributed by atoms with Crippen molar-refractivity contribution in [3.8, 4) is 11.5 Å². The maximum absolute atomic E-state index is 6.14. The van der Waals surface area contributed by atoms with Crippen molar-refractivity contribution in [2.24, 2.45) is 5.92 Å². The van der Waals surface area contributed by atoms with Crippen molar-refractivity contribution < 1.29 is 9.47 Å². The Labute approximate surface area is 118 Å². The molecule has 1 aliphatic carbocycles. The Morgan fingerprint density at radius 2 is 2.11 bits per heavy atom. The lowest BCUT2D eigenvalue weighted by Crippen LogP contribution is -2.24. The second kappa shape index (κ2) is 6.46. The first kappa shape index (κ1) is 13.7. The summed E-state index contributed by atoms with van der Waals surface area (Å²) in [5, 5.41) is 0.842. The lowest BCUT2D eigenvalue weighted by molar-refractivity contribution is 0.125. The second-order valence-corrected chi connectivity index (χ2v) is 5.69. The van der Waals surface area contributed by atoms with Gasteiger partial charge in [0, 0.05) is 5.33 Å². The smallest absolute Gasteiger partial charge is 0.161 e. The second-order valence-electron chi connectivity index (χ2n) is 5.13. The summed E-state index contributed by atoms with van der Waals surface area (Å²) in [4.78, 5) is 0. The van der Waals surface area contributed by atoms with Crippen LogP contribution < -0.4 is 9.47 Å². The van der Waals surface area contributed by atoms with Crippen LogP contribution in [0.1, 0.15) is 38.2 Å². The van der Waals surface area contributed by atoms with Crippen molar-refractivity contribution in [1.29, 1.82) is 0 Å². The highest BCUT2D eigenvalue weighted by Gasteiger charge is 2.21. The van der Waals surface area contributed by atoms with Crippen molar-refractivity contribution in [1.82, 2.24) is 0 Å². The third kappa shape index (κ3) is 3.41. The monoisotopic (exact) mass is 312 g/mol. The lowest BCUT2D eigenvalue weighted by atomic mass is 9.89. The number of rotatable bonds is 4. The van der Waals surface area contributed by atoms with Crippen LogP contribution in [0, 0.1) is 5.92 Å². The van der Waals surface area contributed by atoms with Crippen molar-refractivity contribution in [3.05, 3.63) is 23.8 Å². The number of hydrogen-bond donors (Lipinski definition) is 0. The molecular formula is C15H21BrO2. The maximum Gasteiger partial charge on any atom is 0.161 e. The Kier molecular flexibility index (Phi) is 4.93. The van der Waals surface area contributed by atoms with Gasteiger partial charge in [-0.15, -0.1) is 0 Å². The summed E-state index contributed by atoms with van der Waals surface area (Å²) >= 11 is 3.48. The fourth-order valence-electron chi connectivity index (χ4n) is 2.56. The predicted octanol–water partition coefficient (Wildman–Crippen LogP) is 4.55. The summed E-state index contributed by atoms with van der Waals surface area (Å²) in [6.07, 6.45) is 5.26. The third-order valence-electron chi connectivity index (χ3n) is 3.56. The van der Waals surface area contributed by atoms with Gasteiger partial charge in [0.15, 0.2) is 11.5 Å². The van der Waals surface area contributed by atoms with Gasteiger partial charge < -0.3 is 9.47 Å². The zero-order valence-electron chi connectivity index (χ0n) is 11.1. The summed E-state index contributed by atoms with van der Waals surface area (Å²) in [7, 11) is 1.69. The Hall–Kier alpha value is -0.700. The third-order valence-corrected chi connectivity index (χ3v) is 4.21. The van der Waals surface area contributed by atoms with Crippen LogP contribution in [-0.4, -0.2) is 13.2 Å². The first-order chi connectivity index (χ1) is 8.72. The molecule has 0 aromatic heterocycles. The highest BCUT2D eigenvalue weighted by atomic mass is 79.9. The molecule has 2 nitrogen and oxygen atoms in total. The quantitative estimate of drug-likeness (QED) is 0.759. The molecule has 0 bridgehead atoms. The molecule has 1 fully saturated rings.